The number of benzene rings is 2. The molecule has 0 fully saturated rings. The first-order valence-electron chi connectivity index (χ1n) is 8.90. The predicted octanol–water partition coefficient (Wildman–Crippen LogP) is 3.87. The number of hydrogen-bond acceptors (Lipinski definition) is 5. The fraction of sp³-hybridized carbons (Fsp3) is 0.286. The molecule has 2 N–H and O–H groups in total. The minimum Gasteiger partial charge on any atom is -0.465 e. The Hall–Kier alpha value is -2.80. The first-order valence-corrected chi connectivity index (χ1v) is 10.1. The molecular weight excluding hydrogens is 376 g/mol. The summed E-state index contributed by atoms with van der Waals surface area (Å²) in [4.78, 5) is 35.3. The van der Waals surface area contributed by atoms with E-state index in [4.69, 9.17) is 0 Å². The lowest BCUT2D eigenvalue weighted by molar-refractivity contribution is -0.116. The van der Waals surface area contributed by atoms with Crippen molar-refractivity contribution in [2.45, 2.75) is 19.8 Å². The summed E-state index contributed by atoms with van der Waals surface area (Å²) in [7, 11) is 1.32. The third-order valence-corrected chi connectivity index (χ3v) is 4.86. The molecular formula is C21H24N2O4S. The quantitative estimate of drug-likeness (QED) is 0.493. The zero-order valence-electron chi connectivity index (χ0n) is 16.0. The van der Waals surface area contributed by atoms with Gasteiger partial charge in [0.15, 0.2) is 0 Å². The number of aryl methyl sites for hydroxylation is 1. The van der Waals surface area contributed by atoms with Crippen LogP contribution in [-0.2, 0) is 14.3 Å². The first-order chi connectivity index (χ1) is 13.5. The summed E-state index contributed by atoms with van der Waals surface area (Å²) in [5.41, 5.74) is 2.95. The van der Waals surface area contributed by atoms with E-state index in [2.05, 4.69) is 15.4 Å². The molecule has 0 aliphatic rings. The number of thioether (sulfide) groups is 1. The molecule has 28 heavy (non-hydrogen) atoms. The van der Waals surface area contributed by atoms with Gasteiger partial charge in [-0.15, -0.1) is 0 Å². The molecule has 2 amide bonds. The maximum Gasteiger partial charge on any atom is 0.337 e. The molecule has 0 saturated carbocycles. The van der Waals surface area contributed by atoms with Gasteiger partial charge in [-0.05, 0) is 61.1 Å². The van der Waals surface area contributed by atoms with Crippen molar-refractivity contribution in [3.8, 4) is 0 Å². The zero-order valence-corrected chi connectivity index (χ0v) is 16.8. The van der Waals surface area contributed by atoms with Crippen LogP contribution in [0.1, 0.15) is 28.8 Å². The Morgan fingerprint density at radius 3 is 2.36 bits per heavy atom. The fourth-order valence-corrected chi connectivity index (χ4v) is 3.20. The Bertz CT molecular complexity index is 821. The molecule has 2 aromatic rings. The van der Waals surface area contributed by atoms with Crippen LogP contribution in [0.3, 0.4) is 0 Å². The van der Waals surface area contributed by atoms with Gasteiger partial charge in [-0.3, -0.25) is 9.59 Å². The molecule has 0 saturated heterocycles. The zero-order chi connectivity index (χ0) is 20.4. The second-order valence-electron chi connectivity index (χ2n) is 6.19. The Morgan fingerprint density at radius 1 is 0.964 bits per heavy atom. The van der Waals surface area contributed by atoms with Crippen molar-refractivity contribution < 1.29 is 19.1 Å². The van der Waals surface area contributed by atoms with Crippen LogP contribution in [0.5, 0.6) is 0 Å². The molecule has 0 unspecified atom stereocenters. The third kappa shape index (κ3) is 7.44. The van der Waals surface area contributed by atoms with Crippen LogP contribution in [0.4, 0.5) is 11.4 Å². The minimum atomic E-state index is -0.417. The van der Waals surface area contributed by atoms with E-state index in [1.165, 1.54) is 18.9 Å². The van der Waals surface area contributed by atoms with Crippen LogP contribution in [0.25, 0.3) is 0 Å². The lowest BCUT2D eigenvalue weighted by Gasteiger charge is -2.07. The number of amides is 2. The summed E-state index contributed by atoms with van der Waals surface area (Å²) in [6, 6.07) is 14.2. The van der Waals surface area contributed by atoms with Crippen molar-refractivity contribution in [3.05, 3.63) is 59.7 Å². The minimum absolute atomic E-state index is 0.0265. The third-order valence-electron chi connectivity index (χ3n) is 3.82. The van der Waals surface area contributed by atoms with Gasteiger partial charge in [-0.2, -0.15) is 11.8 Å². The van der Waals surface area contributed by atoms with Gasteiger partial charge in [-0.1, -0.05) is 12.1 Å². The smallest absolute Gasteiger partial charge is 0.337 e. The van der Waals surface area contributed by atoms with Gasteiger partial charge in [0.2, 0.25) is 11.8 Å². The number of esters is 1. The molecule has 0 radical (unpaired) electrons. The number of hydrogen-bond donors (Lipinski definition) is 2. The Morgan fingerprint density at radius 2 is 1.68 bits per heavy atom. The van der Waals surface area contributed by atoms with Gasteiger partial charge >= 0.3 is 5.97 Å². The molecule has 0 aliphatic heterocycles. The van der Waals surface area contributed by atoms with Crippen molar-refractivity contribution in [1.82, 2.24) is 0 Å². The highest BCUT2D eigenvalue weighted by atomic mass is 32.2. The van der Waals surface area contributed by atoms with Crippen molar-refractivity contribution >= 4 is 40.9 Å². The Kier molecular flexibility index (Phi) is 8.55. The average molecular weight is 401 g/mol. The second kappa shape index (κ2) is 11.1. The molecule has 0 aromatic heterocycles. The highest BCUT2D eigenvalue weighted by Crippen LogP contribution is 2.13. The van der Waals surface area contributed by atoms with Gasteiger partial charge in [-0.25, -0.2) is 4.79 Å². The van der Waals surface area contributed by atoms with Gasteiger partial charge in [0.1, 0.15) is 0 Å². The Balaban J connectivity index is 1.62. The number of anilines is 2. The number of carbonyl (C=O) groups is 3. The molecule has 0 aliphatic carbocycles. The van der Waals surface area contributed by atoms with Crippen LogP contribution in [0.2, 0.25) is 0 Å². The van der Waals surface area contributed by atoms with E-state index in [0.29, 0.717) is 29.8 Å². The molecule has 0 bridgehead atoms. The molecule has 2 rings (SSSR count). The van der Waals surface area contributed by atoms with Gasteiger partial charge in [0.25, 0.3) is 0 Å². The maximum atomic E-state index is 12.0. The maximum absolute atomic E-state index is 12.0. The van der Waals surface area contributed by atoms with Crippen LogP contribution in [0, 0.1) is 6.92 Å². The summed E-state index contributed by atoms with van der Waals surface area (Å²) in [5.74, 6) is 0.454. The highest BCUT2D eigenvalue weighted by molar-refractivity contribution is 7.99. The largest absolute Gasteiger partial charge is 0.465 e. The molecule has 0 heterocycles. The summed E-state index contributed by atoms with van der Waals surface area (Å²) in [6.07, 6.45) is 1.11. The first kappa shape index (κ1) is 21.5. The monoisotopic (exact) mass is 400 g/mol. The van der Waals surface area contributed by atoms with Crippen molar-refractivity contribution in [2.75, 3.05) is 29.2 Å². The van der Waals surface area contributed by atoms with Gasteiger partial charge < -0.3 is 15.4 Å². The van der Waals surface area contributed by atoms with Crippen LogP contribution < -0.4 is 10.6 Å². The number of carbonyl (C=O) groups excluding carboxylic acids is 3. The van der Waals surface area contributed by atoms with E-state index in [1.807, 2.05) is 31.2 Å². The summed E-state index contributed by atoms with van der Waals surface area (Å²) in [6.45, 7) is 1.98. The topological polar surface area (TPSA) is 84.5 Å². The van der Waals surface area contributed by atoms with E-state index >= 15 is 0 Å². The standard InChI is InChI=1S/C21H24N2O4S/c1-15-5-3-6-18(13-15)23-19(24)7-4-12-28-14-20(25)22-17-10-8-16(9-11-17)21(26)27-2/h3,5-6,8-11,13H,4,7,12,14H2,1-2H3,(H,22,25)(H,23,24). The van der Waals surface area contributed by atoms with E-state index in [1.54, 1.807) is 24.3 Å². The molecule has 6 nitrogen and oxygen atoms in total. The van der Waals surface area contributed by atoms with Gasteiger partial charge in [0.05, 0.1) is 18.4 Å². The van der Waals surface area contributed by atoms with Crippen molar-refractivity contribution in [1.29, 1.82) is 0 Å². The molecule has 7 heteroatoms. The number of ether oxygens (including phenoxy) is 1. The van der Waals surface area contributed by atoms with Crippen LogP contribution in [0.15, 0.2) is 48.5 Å². The fourth-order valence-electron chi connectivity index (χ4n) is 2.45. The predicted molar refractivity (Wildman–Crippen MR) is 113 cm³/mol. The number of rotatable bonds is 9. The number of methoxy groups -OCH3 is 1. The van der Waals surface area contributed by atoms with E-state index in [0.717, 1.165) is 17.0 Å². The van der Waals surface area contributed by atoms with E-state index in [9.17, 15) is 14.4 Å². The SMILES string of the molecule is COC(=O)c1ccc(NC(=O)CSCCCC(=O)Nc2cccc(C)c2)cc1. The summed E-state index contributed by atoms with van der Waals surface area (Å²) in [5, 5.41) is 5.64. The van der Waals surface area contributed by atoms with Gasteiger partial charge in [0, 0.05) is 17.8 Å². The van der Waals surface area contributed by atoms with Crippen LogP contribution in [-0.4, -0.2) is 36.4 Å². The van der Waals surface area contributed by atoms with E-state index < -0.39 is 5.97 Å². The second-order valence-corrected chi connectivity index (χ2v) is 7.30. The van der Waals surface area contributed by atoms with Crippen molar-refractivity contribution in [3.63, 3.8) is 0 Å². The van der Waals surface area contributed by atoms with Crippen LogP contribution >= 0.6 is 11.8 Å². The Labute approximate surface area is 169 Å². The summed E-state index contributed by atoms with van der Waals surface area (Å²) >= 11 is 1.48. The number of nitrogens with one attached hydrogen (secondary N) is 2. The molecule has 0 spiro atoms. The lowest BCUT2D eigenvalue weighted by atomic mass is 10.2. The van der Waals surface area contributed by atoms with Crippen molar-refractivity contribution in [2.24, 2.45) is 0 Å². The molecule has 2 aromatic carbocycles. The highest BCUT2D eigenvalue weighted by Gasteiger charge is 2.07. The summed E-state index contributed by atoms with van der Waals surface area (Å²) < 4.78 is 4.63. The lowest BCUT2D eigenvalue weighted by Crippen LogP contribution is -2.15. The molecule has 0 atom stereocenters. The molecule has 148 valence electrons. The average Bonchev–Trinajstić information content (AvgIpc) is 2.67. The van der Waals surface area contributed by atoms with E-state index in [-0.39, 0.29) is 11.8 Å². The normalized spacial score (nSPS) is 10.2.